The van der Waals surface area contributed by atoms with E-state index in [0.717, 1.165) is 36.9 Å². The molecule has 0 aromatic heterocycles. The van der Waals surface area contributed by atoms with Crippen molar-refractivity contribution >= 4 is 17.6 Å². The lowest BCUT2D eigenvalue weighted by atomic mass is 9.95. The molecule has 1 aromatic carbocycles. The Hall–Kier alpha value is -2.30. The largest absolute Gasteiger partial charge is 0.466 e. The topological polar surface area (TPSA) is 67.4 Å². The van der Waals surface area contributed by atoms with E-state index in [-0.39, 0.29) is 17.6 Å². The summed E-state index contributed by atoms with van der Waals surface area (Å²) >= 11 is 0. The van der Waals surface area contributed by atoms with Gasteiger partial charge in [0.25, 0.3) is 5.91 Å². The molecule has 2 N–H and O–H groups in total. The number of benzene rings is 1. The van der Waals surface area contributed by atoms with Gasteiger partial charge in [-0.1, -0.05) is 25.3 Å². The van der Waals surface area contributed by atoms with Crippen LogP contribution in [-0.4, -0.2) is 25.0 Å². The van der Waals surface area contributed by atoms with Crippen LogP contribution in [0.15, 0.2) is 30.0 Å². The number of aryl methyl sites for hydroxylation is 2. The molecule has 0 saturated heterocycles. The van der Waals surface area contributed by atoms with Crippen molar-refractivity contribution in [1.29, 1.82) is 0 Å². The van der Waals surface area contributed by atoms with Crippen LogP contribution in [0.25, 0.3) is 0 Å². The second kappa shape index (κ2) is 8.52. The SMILES string of the molecule is COC(=O)/C=C(\Nc1ccc(C)c(C)c1)C(=O)NC1CCCCC1. The van der Waals surface area contributed by atoms with Crippen molar-refractivity contribution in [2.75, 3.05) is 12.4 Å². The van der Waals surface area contributed by atoms with Gasteiger partial charge in [0.05, 0.1) is 13.2 Å². The van der Waals surface area contributed by atoms with E-state index in [9.17, 15) is 9.59 Å². The Morgan fingerprint density at radius 2 is 1.83 bits per heavy atom. The van der Waals surface area contributed by atoms with Crippen LogP contribution in [0, 0.1) is 13.8 Å². The summed E-state index contributed by atoms with van der Waals surface area (Å²) < 4.78 is 4.67. The molecule has 1 aliphatic carbocycles. The third-order valence-corrected chi connectivity index (χ3v) is 4.43. The average molecular weight is 330 g/mol. The summed E-state index contributed by atoms with van der Waals surface area (Å²) in [4.78, 5) is 24.2. The Morgan fingerprint density at radius 3 is 2.46 bits per heavy atom. The van der Waals surface area contributed by atoms with Gasteiger partial charge in [0.15, 0.2) is 0 Å². The smallest absolute Gasteiger partial charge is 0.332 e. The van der Waals surface area contributed by atoms with Crippen molar-refractivity contribution in [2.45, 2.75) is 52.0 Å². The fraction of sp³-hybridized carbons (Fsp3) is 0.474. The highest BCUT2D eigenvalue weighted by molar-refractivity contribution is 6.01. The van der Waals surface area contributed by atoms with Crippen LogP contribution in [0.3, 0.4) is 0 Å². The quantitative estimate of drug-likeness (QED) is 0.642. The summed E-state index contributed by atoms with van der Waals surface area (Å²) in [5.74, 6) is -0.828. The number of anilines is 1. The minimum absolute atomic E-state index is 0.175. The van der Waals surface area contributed by atoms with Gasteiger partial charge < -0.3 is 15.4 Å². The zero-order valence-corrected chi connectivity index (χ0v) is 14.6. The van der Waals surface area contributed by atoms with E-state index < -0.39 is 5.97 Å². The van der Waals surface area contributed by atoms with Crippen LogP contribution in [0.1, 0.15) is 43.2 Å². The Labute approximate surface area is 143 Å². The summed E-state index contributed by atoms with van der Waals surface area (Å²) in [6, 6.07) is 6.00. The van der Waals surface area contributed by atoms with E-state index in [0.29, 0.717) is 0 Å². The first-order valence-corrected chi connectivity index (χ1v) is 8.44. The minimum atomic E-state index is -0.555. The number of ether oxygens (including phenoxy) is 1. The van der Waals surface area contributed by atoms with Gasteiger partial charge in [0, 0.05) is 11.7 Å². The maximum atomic E-state index is 12.6. The Balaban J connectivity index is 2.14. The fourth-order valence-corrected chi connectivity index (χ4v) is 2.82. The number of hydrogen-bond donors (Lipinski definition) is 2. The molecule has 0 bridgehead atoms. The molecule has 0 spiro atoms. The number of nitrogens with one attached hydrogen (secondary N) is 2. The van der Waals surface area contributed by atoms with Crippen molar-refractivity contribution < 1.29 is 14.3 Å². The van der Waals surface area contributed by atoms with Crippen molar-refractivity contribution in [3.05, 3.63) is 41.1 Å². The van der Waals surface area contributed by atoms with Gasteiger partial charge in [-0.2, -0.15) is 0 Å². The molecular weight excluding hydrogens is 304 g/mol. The Bertz CT molecular complexity index is 631. The third kappa shape index (κ3) is 5.11. The molecule has 1 amide bonds. The van der Waals surface area contributed by atoms with E-state index in [1.807, 2.05) is 32.0 Å². The Morgan fingerprint density at radius 1 is 1.12 bits per heavy atom. The minimum Gasteiger partial charge on any atom is -0.466 e. The van der Waals surface area contributed by atoms with Gasteiger partial charge >= 0.3 is 5.97 Å². The summed E-state index contributed by atoms with van der Waals surface area (Å²) in [6.45, 7) is 4.03. The summed E-state index contributed by atoms with van der Waals surface area (Å²) in [7, 11) is 1.30. The van der Waals surface area contributed by atoms with Gasteiger partial charge in [-0.3, -0.25) is 4.79 Å². The molecule has 0 unspecified atom stereocenters. The summed E-state index contributed by atoms with van der Waals surface area (Å²) in [5, 5.41) is 6.07. The standard InChI is InChI=1S/C19H26N2O3/c1-13-9-10-16(11-14(13)2)20-17(12-18(22)24-3)19(23)21-15-7-5-4-6-8-15/h9-12,15,20H,4-8H2,1-3H3,(H,21,23)/b17-12-. The predicted molar refractivity (Wildman–Crippen MR) is 94.7 cm³/mol. The normalized spacial score (nSPS) is 15.7. The highest BCUT2D eigenvalue weighted by Crippen LogP contribution is 2.19. The van der Waals surface area contributed by atoms with Crippen molar-refractivity contribution in [2.24, 2.45) is 0 Å². The first kappa shape index (κ1) is 18.0. The maximum absolute atomic E-state index is 12.6. The molecule has 0 aliphatic heterocycles. The summed E-state index contributed by atoms with van der Waals surface area (Å²) in [6.07, 6.45) is 6.66. The van der Waals surface area contributed by atoms with E-state index >= 15 is 0 Å². The Kier molecular flexibility index (Phi) is 6.41. The molecule has 0 radical (unpaired) electrons. The zero-order chi connectivity index (χ0) is 17.5. The molecule has 0 atom stereocenters. The zero-order valence-electron chi connectivity index (χ0n) is 14.6. The second-order valence-electron chi connectivity index (χ2n) is 6.31. The van der Waals surface area contributed by atoms with Crippen molar-refractivity contribution in [1.82, 2.24) is 5.32 Å². The highest BCUT2D eigenvalue weighted by Gasteiger charge is 2.19. The predicted octanol–water partition coefficient (Wildman–Crippen LogP) is 3.22. The maximum Gasteiger partial charge on any atom is 0.332 e. The number of methoxy groups -OCH3 is 1. The number of carbonyl (C=O) groups is 2. The molecule has 1 aliphatic rings. The van der Waals surface area contributed by atoms with Crippen LogP contribution in [-0.2, 0) is 14.3 Å². The first-order valence-electron chi connectivity index (χ1n) is 8.44. The van der Waals surface area contributed by atoms with Gasteiger partial charge in [0.1, 0.15) is 5.70 Å². The molecule has 5 nitrogen and oxygen atoms in total. The highest BCUT2D eigenvalue weighted by atomic mass is 16.5. The first-order chi connectivity index (χ1) is 11.5. The lowest BCUT2D eigenvalue weighted by molar-refractivity contribution is -0.135. The molecule has 1 fully saturated rings. The lowest BCUT2D eigenvalue weighted by Crippen LogP contribution is -2.38. The summed E-state index contributed by atoms with van der Waals surface area (Å²) in [5.41, 5.74) is 3.26. The van der Waals surface area contributed by atoms with Gasteiger partial charge in [0.2, 0.25) is 0 Å². The molecule has 130 valence electrons. The van der Waals surface area contributed by atoms with Gasteiger partial charge in [-0.15, -0.1) is 0 Å². The van der Waals surface area contributed by atoms with Crippen LogP contribution in [0.5, 0.6) is 0 Å². The lowest BCUT2D eigenvalue weighted by Gasteiger charge is -2.23. The monoisotopic (exact) mass is 330 g/mol. The molecule has 24 heavy (non-hydrogen) atoms. The van der Waals surface area contributed by atoms with Crippen LogP contribution in [0.4, 0.5) is 5.69 Å². The number of amides is 1. The van der Waals surface area contributed by atoms with Crippen molar-refractivity contribution in [3.63, 3.8) is 0 Å². The molecule has 2 rings (SSSR count). The average Bonchev–Trinajstić information content (AvgIpc) is 2.58. The molecule has 5 heteroatoms. The third-order valence-electron chi connectivity index (χ3n) is 4.43. The molecular formula is C19H26N2O3. The van der Waals surface area contributed by atoms with E-state index in [1.165, 1.54) is 25.2 Å². The fourth-order valence-electron chi connectivity index (χ4n) is 2.82. The van der Waals surface area contributed by atoms with Gasteiger partial charge in [-0.25, -0.2) is 4.79 Å². The molecule has 0 heterocycles. The van der Waals surface area contributed by atoms with Crippen LogP contribution < -0.4 is 10.6 Å². The van der Waals surface area contributed by atoms with Crippen molar-refractivity contribution in [3.8, 4) is 0 Å². The van der Waals surface area contributed by atoms with E-state index in [1.54, 1.807) is 0 Å². The second-order valence-corrected chi connectivity index (χ2v) is 6.31. The number of esters is 1. The number of rotatable bonds is 5. The van der Waals surface area contributed by atoms with E-state index in [2.05, 4.69) is 15.4 Å². The molecule has 1 saturated carbocycles. The number of hydrogen-bond acceptors (Lipinski definition) is 4. The van der Waals surface area contributed by atoms with Crippen LogP contribution >= 0.6 is 0 Å². The van der Waals surface area contributed by atoms with Gasteiger partial charge in [-0.05, 0) is 49.9 Å². The molecule has 1 aromatic rings. The van der Waals surface area contributed by atoms with Crippen LogP contribution in [0.2, 0.25) is 0 Å². The number of carbonyl (C=O) groups excluding carboxylic acids is 2. The van der Waals surface area contributed by atoms with E-state index in [4.69, 9.17) is 0 Å².